The molecule has 0 saturated heterocycles. The number of aryl methyl sites for hydroxylation is 2. The van der Waals surface area contributed by atoms with Gasteiger partial charge in [0.25, 0.3) is 5.91 Å². The Morgan fingerprint density at radius 1 is 1.36 bits per heavy atom. The number of hydrogen-bond acceptors (Lipinski definition) is 6. The smallest absolute Gasteiger partial charge is 0.341 e. The summed E-state index contributed by atoms with van der Waals surface area (Å²) in [6.45, 7) is 6.98. The average molecular weight is 424 g/mol. The van der Waals surface area contributed by atoms with Gasteiger partial charge in [-0.25, -0.2) is 4.79 Å². The average Bonchev–Trinajstić information content (AvgIpc) is 3.18. The summed E-state index contributed by atoms with van der Waals surface area (Å²) in [6, 6.07) is 0. The number of nitrogens with one attached hydrogen (secondary N) is 2. The molecule has 0 radical (unpaired) electrons. The van der Waals surface area contributed by atoms with Gasteiger partial charge >= 0.3 is 5.97 Å². The second-order valence-corrected chi connectivity index (χ2v) is 7.78. The minimum atomic E-state index is -0.517. The van der Waals surface area contributed by atoms with Crippen molar-refractivity contribution in [1.82, 2.24) is 20.0 Å². The lowest BCUT2D eigenvalue weighted by atomic mass is 10.1. The highest BCUT2D eigenvalue weighted by Crippen LogP contribution is 2.34. The van der Waals surface area contributed by atoms with Gasteiger partial charge in [0, 0.05) is 38.9 Å². The number of carbonyl (C=O) groups excluding carboxylic acids is 2. The van der Waals surface area contributed by atoms with Crippen LogP contribution in [0.1, 0.15) is 43.8 Å². The number of thiocarbonyl (C=S) groups is 1. The van der Waals surface area contributed by atoms with E-state index in [9.17, 15) is 9.59 Å². The number of ether oxygens (including phenoxy) is 1. The summed E-state index contributed by atoms with van der Waals surface area (Å²) in [5.41, 5.74) is 2.85. The maximum atomic E-state index is 12.4. The van der Waals surface area contributed by atoms with E-state index in [1.807, 2.05) is 24.7 Å². The Morgan fingerprint density at radius 3 is 2.57 bits per heavy atom. The van der Waals surface area contributed by atoms with Crippen molar-refractivity contribution in [2.45, 2.75) is 33.9 Å². The summed E-state index contributed by atoms with van der Waals surface area (Å²) < 4.78 is 6.74. The molecular formula is C18H25N5O3S2. The normalized spacial score (nSPS) is 10.5. The third-order valence-electron chi connectivity index (χ3n) is 4.18. The van der Waals surface area contributed by atoms with E-state index in [2.05, 4.69) is 15.7 Å². The summed E-state index contributed by atoms with van der Waals surface area (Å²) in [5.74, 6) is -0.695. The molecule has 1 amide bonds. The van der Waals surface area contributed by atoms with Gasteiger partial charge in [0.15, 0.2) is 5.11 Å². The Hall–Kier alpha value is -2.46. The van der Waals surface area contributed by atoms with Crippen LogP contribution in [0.2, 0.25) is 0 Å². The zero-order valence-electron chi connectivity index (χ0n) is 16.9. The SMILES string of the molecule is CCn1cc(CNC(=S)Nc2sc(C(=O)N(C)C)c(C)c2C(=O)OC)c(C)n1. The molecule has 0 saturated carbocycles. The number of amides is 1. The number of esters is 1. The maximum absolute atomic E-state index is 12.4. The van der Waals surface area contributed by atoms with Crippen LogP contribution in [0.15, 0.2) is 6.20 Å². The van der Waals surface area contributed by atoms with Crippen molar-refractivity contribution in [1.29, 1.82) is 0 Å². The number of carbonyl (C=O) groups is 2. The molecule has 152 valence electrons. The zero-order valence-corrected chi connectivity index (χ0v) is 18.5. The summed E-state index contributed by atoms with van der Waals surface area (Å²) in [5, 5.41) is 11.4. The number of methoxy groups -OCH3 is 1. The molecule has 0 spiro atoms. The Morgan fingerprint density at radius 2 is 2.04 bits per heavy atom. The second-order valence-electron chi connectivity index (χ2n) is 6.35. The first-order chi connectivity index (χ1) is 13.2. The van der Waals surface area contributed by atoms with Crippen molar-refractivity contribution < 1.29 is 14.3 Å². The van der Waals surface area contributed by atoms with E-state index >= 15 is 0 Å². The largest absolute Gasteiger partial charge is 0.465 e. The molecule has 2 rings (SSSR count). The predicted octanol–water partition coefficient (Wildman–Crippen LogP) is 2.56. The molecule has 0 unspecified atom stereocenters. The molecule has 0 atom stereocenters. The van der Waals surface area contributed by atoms with E-state index in [1.54, 1.807) is 21.0 Å². The highest BCUT2D eigenvalue weighted by molar-refractivity contribution is 7.80. The number of hydrogen-bond donors (Lipinski definition) is 2. The van der Waals surface area contributed by atoms with Crippen molar-refractivity contribution in [3.05, 3.63) is 33.5 Å². The summed E-state index contributed by atoms with van der Waals surface area (Å²) >= 11 is 6.56. The first-order valence-corrected chi connectivity index (χ1v) is 9.93. The van der Waals surface area contributed by atoms with Crippen molar-refractivity contribution in [2.24, 2.45) is 0 Å². The van der Waals surface area contributed by atoms with Gasteiger partial charge in [-0.05, 0) is 38.6 Å². The van der Waals surface area contributed by atoms with E-state index in [0.717, 1.165) is 17.8 Å². The third-order valence-corrected chi connectivity index (χ3v) is 5.62. The van der Waals surface area contributed by atoms with Gasteiger partial charge in [-0.3, -0.25) is 9.48 Å². The van der Waals surface area contributed by atoms with Gasteiger partial charge in [-0.15, -0.1) is 11.3 Å². The molecule has 0 bridgehead atoms. The quantitative estimate of drug-likeness (QED) is 0.545. The summed E-state index contributed by atoms with van der Waals surface area (Å²) in [6.07, 6.45) is 1.97. The maximum Gasteiger partial charge on any atom is 0.341 e. The fraction of sp³-hybridized carbons (Fsp3) is 0.444. The van der Waals surface area contributed by atoms with Crippen LogP contribution in [0, 0.1) is 13.8 Å². The Labute approximate surface area is 173 Å². The van der Waals surface area contributed by atoms with Gasteiger partial charge < -0.3 is 20.3 Å². The zero-order chi connectivity index (χ0) is 21.0. The molecule has 0 aliphatic heterocycles. The molecule has 0 aliphatic rings. The van der Waals surface area contributed by atoms with E-state index in [-0.39, 0.29) is 5.91 Å². The van der Waals surface area contributed by atoms with Crippen LogP contribution in [0.4, 0.5) is 5.00 Å². The minimum absolute atomic E-state index is 0.179. The van der Waals surface area contributed by atoms with Crippen LogP contribution in [-0.4, -0.2) is 52.9 Å². The first kappa shape index (κ1) is 21.8. The lowest BCUT2D eigenvalue weighted by Crippen LogP contribution is -2.28. The van der Waals surface area contributed by atoms with E-state index in [0.29, 0.717) is 32.7 Å². The lowest BCUT2D eigenvalue weighted by Gasteiger charge is -2.10. The lowest BCUT2D eigenvalue weighted by molar-refractivity contribution is 0.0601. The predicted molar refractivity (Wildman–Crippen MR) is 114 cm³/mol. The van der Waals surface area contributed by atoms with Crippen LogP contribution in [0.5, 0.6) is 0 Å². The van der Waals surface area contributed by atoms with E-state index in [1.165, 1.54) is 23.3 Å². The number of aromatic nitrogens is 2. The molecule has 2 aromatic rings. The van der Waals surface area contributed by atoms with Gasteiger partial charge in [0.05, 0.1) is 23.2 Å². The molecule has 28 heavy (non-hydrogen) atoms. The molecule has 2 aromatic heterocycles. The van der Waals surface area contributed by atoms with Gasteiger partial charge in [0.1, 0.15) is 5.00 Å². The fourth-order valence-corrected chi connectivity index (χ4v) is 4.03. The van der Waals surface area contributed by atoms with Crippen molar-refractivity contribution in [2.75, 3.05) is 26.5 Å². The summed E-state index contributed by atoms with van der Waals surface area (Å²) in [7, 11) is 4.64. The molecule has 0 aromatic carbocycles. The standard InChI is InChI=1S/C18H25N5O3S2/c1-7-23-9-12(11(3)21-23)8-19-18(27)20-15-13(17(25)26-6)10(2)14(28-15)16(24)22(4)5/h9H,7-8H2,1-6H3,(H2,19,20,27). The van der Waals surface area contributed by atoms with E-state index < -0.39 is 5.97 Å². The number of anilines is 1. The monoisotopic (exact) mass is 423 g/mol. The number of rotatable bonds is 6. The second kappa shape index (κ2) is 9.16. The van der Waals surface area contributed by atoms with Gasteiger partial charge in [0.2, 0.25) is 0 Å². The topological polar surface area (TPSA) is 88.5 Å². The van der Waals surface area contributed by atoms with Crippen LogP contribution >= 0.6 is 23.6 Å². The van der Waals surface area contributed by atoms with E-state index in [4.69, 9.17) is 17.0 Å². The van der Waals surface area contributed by atoms with Gasteiger partial charge in [-0.2, -0.15) is 5.10 Å². The molecule has 2 N–H and O–H groups in total. The van der Waals surface area contributed by atoms with Crippen LogP contribution in [0.25, 0.3) is 0 Å². The molecule has 8 nitrogen and oxygen atoms in total. The van der Waals surface area contributed by atoms with Crippen LogP contribution in [0.3, 0.4) is 0 Å². The van der Waals surface area contributed by atoms with Crippen molar-refractivity contribution in [3.8, 4) is 0 Å². The Balaban J connectivity index is 2.20. The first-order valence-electron chi connectivity index (χ1n) is 8.70. The minimum Gasteiger partial charge on any atom is -0.465 e. The number of thiophene rings is 1. The highest BCUT2D eigenvalue weighted by atomic mass is 32.1. The molecular weight excluding hydrogens is 398 g/mol. The molecule has 10 heteroatoms. The molecule has 0 fully saturated rings. The fourth-order valence-electron chi connectivity index (χ4n) is 2.57. The summed E-state index contributed by atoms with van der Waals surface area (Å²) in [4.78, 5) is 26.6. The molecule has 2 heterocycles. The Kier molecular flexibility index (Phi) is 7.14. The number of nitrogens with zero attached hydrogens (tertiary/aromatic N) is 3. The molecule has 0 aliphatic carbocycles. The van der Waals surface area contributed by atoms with Crippen molar-refractivity contribution >= 4 is 45.5 Å². The van der Waals surface area contributed by atoms with Crippen LogP contribution in [-0.2, 0) is 17.8 Å². The highest BCUT2D eigenvalue weighted by Gasteiger charge is 2.26. The third kappa shape index (κ3) is 4.68. The van der Waals surface area contributed by atoms with Crippen LogP contribution < -0.4 is 10.6 Å². The van der Waals surface area contributed by atoms with Gasteiger partial charge in [-0.1, -0.05) is 0 Å². The Bertz CT molecular complexity index is 901. The van der Waals surface area contributed by atoms with Crippen molar-refractivity contribution in [3.63, 3.8) is 0 Å².